The van der Waals surface area contributed by atoms with Crippen LogP contribution in [-0.2, 0) is 14.3 Å². The molecule has 0 unspecified atom stereocenters. The first kappa shape index (κ1) is 12.7. The third-order valence-corrected chi connectivity index (χ3v) is 1.75. The lowest BCUT2D eigenvalue weighted by atomic mass is 10.2. The van der Waals surface area contributed by atoms with Crippen LogP contribution in [0, 0.1) is 11.8 Å². The van der Waals surface area contributed by atoms with Crippen LogP contribution in [0.3, 0.4) is 0 Å². The second kappa shape index (κ2) is 6.28. The molecule has 0 saturated carbocycles. The molecule has 17 heavy (non-hydrogen) atoms. The van der Waals surface area contributed by atoms with E-state index in [2.05, 4.69) is 26.3 Å². The molecule has 0 radical (unpaired) electrons. The molecule has 5 heteroatoms. The third-order valence-electron chi connectivity index (χ3n) is 1.75. The SMILES string of the molecule is CCOC(=O)C#Cc1cc(C(=O)OC)ccn1. The van der Waals surface area contributed by atoms with Gasteiger partial charge in [0.2, 0.25) is 0 Å². The van der Waals surface area contributed by atoms with Crippen molar-refractivity contribution in [3.05, 3.63) is 29.6 Å². The van der Waals surface area contributed by atoms with Crippen molar-refractivity contribution in [3.8, 4) is 11.8 Å². The van der Waals surface area contributed by atoms with Crippen molar-refractivity contribution >= 4 is 11.9 Å². The molecule has 1 aromatic rings. The first-order chi connectivity index (χ1) is 8.17. The minimum atomic E-state index is -0.627. The molecule has 0 bridgehead atoms. The Kier molecular flexibility index (Phi) is 4.70. The molecule has 0 aromatic carbocycles. The van der Waals surface area contributed by atoms with Crippen LogP contribution in [0.1, 0.15) is 23.0 Å². The van der Waals surface area contributed by atoms with Gasteiger partial charge in [0.05, 0.1) is 19.3 Å². The molecular weight excluding hydrogens is 222 g/mol. The smallest absolute Gasteiger partial charge is 0.384 e. The molecule has 1 aromatic heterocycles. The van der Waals surface area contributed by atoms with E-state index in [1.807, 2.05) is 0 Å². The van der Waals surface area contributed by atoms with E-state index < -0.39 is 11.9 Å². The maximum atomic E-state index is 11.2. The number of hydrogen-bond donors (Lipinski definition) is 0. The van der Waals surface area contributed by atoms with Crippen molar-refractivity contribution in [3.63, 3.8) is 0 Å². The summed E-state index contributed by atoms with van der Waals surface area (Å²) >= 11 is 0. The summed E-state index contributed by atoms with van der Waals surface area (Å²) in [5.74, 6) is 3.66. The lowest BCUT2D eigenvalue weighted by molar-refractivity contribution is -0.136. The highest BCUT2D eigenvalue weighted by atomic mass is 16.5. The van der Waals surface area contributed by atoms with E-state index in [1.165, 1.54) is 25.4 Å². The minimum absolute atomic E-state index is 0.267. The Hall–Kier alpha value is -2.35. The van der Waals surface area contributed by atoms with Crippen molar-refractivity contribution in [1.82, 2.24) is 4.98 Å². The average Bonchev–Trinajstić information content (AvgIpc) is 2.36. The number of esters is 2. The fraction of sp³-hybridized carbons (Fsp3) is 0.250. The quantitative estimate of drug-likeness (QED) is 0.558. The molecular formula is C12H11NO4. The summed E-state index contributed by atoms with van der Waals surface area (Å²) in [4.78, 5) is 26.1. The fourth-order valence-electron chi connectivity index (χ4n) is 1.03. The predicted molar refractivity (Wildman–Crippen MR) is 59.1 cm³/mol. The van der Waals surface area contributed by atoms with E-state index >= 15 is 0 Å². The van der Waals surface area contributed by atoms with Gasteiger partial charge in [-0.25, -0.2) is 14.6 Å². The van der Waals surface area contributed by atoms with Gasteiger partial charge in [0.15, 0.2) is 0 Å². The number of hydrogen-bond acceptors (Lipinski definition) is 5. The van der Waals surface area contributed by atoms with E-state index in [4.69, 9.17) is 0 Å². The molecule has 0 atom stereocenters. The van der Waals surface area contributed by atoms with E-state index in [9.17, 15) is 9.59 Å². The van der Waals surface area contributed by atoms with Gasteiger partial charge in [-0.05, 0) is 25.0 Å². The van der Waals surface area contributed by atoms with E-state index in [1.54, 1.807) is 6.92 Å². The normalized spacial score (nSPS) is 8.82. The number of aromatic nitrogens is 1. The van der Waals surface area contributed by atoms with E-state index in [0.717, 1.165) is 0 Å². The maximum absolute atomic E-state index is 11.2. The molecule has 88 valence electrons. The van der Waals surface area contributed by atoms with Crippen LogP contribution in [0.5, 0.6) is 0 Å². The topological polar surface area (TPSA) is 65.5 Å². The zero-order chi connectivity index (χ0) is 12.7. The Balaban J connectivity index is 2.85. The molecule has 0 fully saturated rings. The van der Waals surface area contributed by atoms with E-state index in [-0.39, 0.29) is 6.61 Å². The summed E-state index contributed by atoms with van der Waals surface area (Å²) in [6.07, 6.45) is 1.42. The van der Waals surface area contributed by atoms with Crippen molar-refractivity contribution in [1.29, 1.82) is 0 Å². The van der Waals surface area contributed by atoms with Crippen LogP contribution in [0.15, 0.2) is 18.3 Å². The van der Waals surface area contributed by atoms with Crippen molar-refractivity contribution in [2.24, 2.45) is 0 Å². The van der Waals surface area contributed by atoms with Crippen LogP contribution in [0.2, 0.25) is 0 Å². The Morgan fingerprint density at radius 2 is 2.24 bits per heavy atom. The second-order valence-electron chi connectivity index (χ2n) is 2.89. The number of nitrogens with zero attached hydrogens (tertiary/aromatic N) is 1. The molecule has 5 nitrogen and oxygen atoms in total. The van der Waals surface area contributed by atoms with Crippen LogP contribution in [0.4, 0.5) is 0 Å². The average molecular weight is 233 g/mol. The molecule has 1 heterocycles. The van der Waals surface area contributed by atoms with Gasteiger partial charge in [0, 0.05) is 12.1 Å². The zero-order valence-corrected chi connectivity index (χ0v) is 9.52. The Bertz CT molecular complexity index is 485. The second-order valence-corrected chi connectivity index (χ2v) is 2.89. The Morgan fingerprint density at radius 3 is 2.88 bits per heavy atom. The zero-order valence-electron chi connectivity index (χ0n) is 9.52. The third kappa shape index (κ3) is 3.95. The van der Waals surface area contributed by atoms with Crippen molar-refractivity contribution < 1.29 is 19.1 Å². The summed E-state index contributed by atoms with van der Waals surface area (Å²) in [5.41, 5.74) is 0.636. The van der Waals surface area contributed by atoms with Crippen LogP contribution in [0.25, 0.3) is 0 Å². The number of ether oxygens (including phenoxy) is 2. The van der Waals surface area contributed by atoms with Crippen LogP contribution in [-0.4, -0.2) is 30.6 Å². The van der Waals surface area contributed by atoms with Gasteiger partial charge < -0.3 is 9.47 Å². The lowest BCUT2D eigenvalue weighted by Crippen LogP contribution is -2.02. The summed E-state index contributed by atoms with van der Waals surface area (Å²) in [5, 5.41) is 0. The molecule has 0 N–H and O–H groups in total. The van der Waals surface area contributed by atoms with Crippen LogP contribution >= 0.6 is 0 Å². The monoisotopic (exact) mass is 233 g/mol. The van der Waals surface area contributed by atoms with Gasteiger partial charge in [-0.15, -0.1) is 0 Å². The number of carbonyl (C=O) groups is 2. The molecule has 0 aliphatic rings. The minimum Gasteiger partial charge on any atom is -0.465 e. The summed E-state index contributed by atoms with van der Waals surface area (Å²) in [6, 6.07) is 2.94. The molecule has 1 rings (SSSR count). The molecule has 0 saturated heterocycles. The summed E-state index contributed by atoms with van der Waals surface area (Å²) in [7, 11) is 1.28. The van der Waals surface area contributed by atoms with Gasteiger partial charge in [0.1, 0.15) is 5.69 Å². The Labute approximate surface area is 98.8 Å². The lowest BCUT2D eigenvalue weighted by Gasteiger charge is -1.98. The highest BCUT2D eigenvalue weighted by molar-refractivity contribution is 5.90. The first-order valence-electron chi connectivity index (χ1n) is 4.90. The number of pyridine rings is 1. The van der Waals surface area contributed by atoms with Gasteiger partial charge >= 0.3 is 11.9 Å². The first-order valence-corrected chi connectivity index (χ1v) is 4.90. The number of rotatable bonds is 2. The van der Waals surface area contributed by atoms with Crippen molar-refractivity contribution in [2.75, 3.05) is 13.7 Å². The predicted octanol–water partition coefficient (Wildman–Crippen LogP) is 0.783. The molecule has 0 amide bonds. The fourth-order valence-corrected chi connectivity index (χ4v) is 1.03. The highest BCUT2D eigenvalue weighted by Crippen LogP contribution is 2.02. The summed E-state index contributed by atoms with van der Waals surface area (Å²) < 4.78 is 9.18. The molecule has 0 spiro atoms. The largest absolute Gasteiger partial charge is 0.465 e. The van der Waals surface area contributed by atoms with E-state index in [0.29, 0.717) is 11.3 Å². The van der Waals surface area contributed by atoms with Gasteiger partial charge in [-0.3, -0.25) is 0 Å². The van der Waals surface area contributed by atoms with Gasteiger partial charge in [0.25, 0.3) is 0 Å². The van der Waals surface area contributed by atoms with Crippen molar-refractivity contribution in [2.45, 2.75) is 6.92 Å². The Morgan fingerprint density at radius 1 is 1.47 bits per heavy atom. The van der Waals surface area contributed by atoms with Gasteiger partial charge in [-0.1, -0.05) is 0 Å². The number of methoxy groups -OCH3 is 1. The maximum Gasteiger partial charge on any atom is 0.384 e. The molecule has 0 aliphatic heterocycles. The summed E-state index contributed by atoms with van der Waals surface area (Å²) in [6.45, 7) is 1.96. The standard InChI is InChI=1S/C12H11NO4/c1-3-17-11(14)5-4-10-8-9(6-7-13-10)12(15)16-2/h6-8H,3H2,1-2H3. The highest BCUT2D eigenvalue weighted by Gasteiger charge is 2.05. The number of carbonyl (C=O) groups excluding carboxylic acids is 2. The molecule has 0 aliphatic carbocycles. The van der Waals surface area contributed by atoms with Gasteiger partial charge in [-0.2, -0.15) is 0 Å². The van der Waals surface area contributed by atoms with Crippen LogP contribution < -0.4 is 0 Å².